The number of hydrogen-bond acceptors (Lipinski definition) is 5. The van der Waals surface area contributed by atoms with Gasteiger partial charge in [-0.15, -0.1) is 10.2 Å². The molecule has 0 fully saturated rings. The van der Waals surface area contributed by atoms with Gasteiger partial charge >= 0.3 is 12.0 Å². The van der Waals surface area contributed by atoms with E-state index in [1.165, 1.54) is 0 Å². The van der Waals surface area contributed by atoms with Gasteiger partial charge in [0.2, 0.25) is 0 Å². The fourth-order valence-corrected chi connectivity index (χ4v) is 1.17. The van der Waals surface area contributed by atoms with Crippen LogP contribution in [0.1, 0.15) is 25.6 Å². The second-order valence-corrected chi connectivity index (χ2v) is 3.33. The summed E-state index contributed by atoms with van der Waals surface area (Å²) in [7, 11) is 0. The first-order valence-electron chi connectivity index (χ1n) is 5.13. The molecule has 0 saturated heterocycles. The van der Waals surface area contributed by atoms with Gasteiger partial charge in [-0.05, 0) is 6.42 Å². The highest BCUT2D eigenvalue weighted by Gasteiger charge is 2.18. The number of carboxylic acid groups (broad SMARTS) is 1. The van der Waals surface area contributed by atoms with Crippen molar-refractivity contribution in [3.05, 3.63) is 5.82 Å². The van der Waals surface area contributed by atoms with E-state index in [1.54, 1.807) is 0 Å². The van der Waals surface area contributed by atoms with E-state index in [-0.39, 0.29) is 6.54 Å². The molecule has 0 aliphatic carbocycles. The van der Waals surface area contributed by atoms with Crippen LogP contribution >= 0.6 is 0 Å². The van der Waals surface area contributed by atoms with Crippen LogP contribution in [-0.4, -0.2) is 43.8 Å². The Bertz CT molecular complexity index is 365. The second-order valence-electron chi connectivity index (χ2n) is 3.33. The van der Waals surface area contributed by atoms with Crippen LogP contribution in [0.15, 0.2) is 0 Å². The van der Waals surface area contributed by atoms with Crippen LogP contribution in [0.3, 0.4) is 0 Å². The Hall–Kier alpha value is -2.19. The summed E-state index contributed by atoms with van der Waals surface area (Å²) in [5.41, 5.74) is 0. The molecule has 9 heteroatoms. The molecule has 4 N–H and O–H groups in total. The van der Waals surface area contributed by atoms with Crippen LogP contribution in [0.2, 0.25) is 0 Å². The minimum Gasteiger partial charge on any atom is -0.480 e. The van der Waals surface area contributed by atoms with Crippen molar-refractivity contribution in [2.75, 3.05) is 0 Å². The van der Waals surface area contributed by atoms with E-state index in [2.05, 4.69) is 31.3 Å². The molecule has 0 spiro atoms. The number of amides is 2. The molecule has 1 aromatic heterocycles. The zero-order valence-corrected chi connectivity index (χ0v) is 9.30. The molecule has 94 valence electrons. The standard InChI is InChI=1S/C8H14N6O3/c1-2-3-5(7(15)16)10-8(17)9-4-6-11-13-14-12-6/h5H,2-4H2,1H3,(H,15,16)(H2,9,10,17)(H,11,12,13,14). The Morgan fingerprint density at radius 1 is 1.53 bits per heavy atom. The highest BCUT2D eigenvalue weighted by atomic mass is 16.4. The molecule has 0 aliphatic heterocycles. The highest BCUT2D eigenvalue weighted by Crippen LogP contribution is 1.96. The average Bonchev–Trinajstić information content (AvgIpc) is 2.78. The molecule has 17 heavy (non-hydrogen) atoms. The molecule has 0 aromatic carbocycles. The minimum absolute atomic E-state index is 0.0841. The number of aromatic nitrogens is 4. The molecular formula is C8H14N6O3. The largest absolute Gasteiger partial charge is 0.480 e. The number of carboxylic acids is 1. The van der Waals surface area contributed by atoms with Gasteiger partial charge in [0.05, 0.1) is 6.54 Å². The lowest BCUT2D eigenvalue weighted by atomic mass is 10.2. The maximum Gasteiger partial charge on any atom is 0.326 e. The normalized spacial score (nSPS) is 11.8. The van der Waals surface area contributed by atoms with Gasteiger partial charge in [0.1, 0.15) is 6.04 Å². The molecule has 1 atom stereocenters. The zero-order chi connectivity index (χ0) is 12.7. The summed E-state index contributed by atoms with van der Waals surface area (Å²) in [6.45, 7) is 1.93. The number of carbonyl (C=O) groups excluding carboxylic acids is 1. The second kappa shape index (κ2) is 6.40. The Labute approximate surface area is 97.0 Å². The number of urea groups is 1. The van der Waals surface area contributed by atoms with Crippen LogP contribution in [0.5, 0.6) is 0 Å². The van der Waals surface area contributed by atoms with Crippen LogP contribution in [0.4, 0.5) is 4.79 Å². The molecule has 0 radical (unpaired) electrons. The number of aromatic amines is 1. The summed E-state index contributed by atoms with van der Waals surface area (Å²) in [5.74, 6) is -0.732. The summed E-state index contributed by atoms with van der Waals surface area (Å²) in [5, 5.41) is 26.4. The van der Waals surface area contributed by atoms with Gasteiger partial charge in [-0.25, -0.2) is 9.59 Å². The number of nitrogens with one attached hydrogen (secondary N) is 3. The monoisotopic (exact) mass is 242 g/mol. The molecule has 1 unspecified atom stereocenters. The number of carbonyl (C=O) groups is 2. The van der Waals surface area contributed by atoms with Crippen molar-refractivity contribution in [2.24, 2.45) is 0 Å². The van der Waals surface area contributed by atoms with Gasteiger partial charge in [0, 0.05) is 0 Å². The fourth-order valence-electron chi connectivity index (χ4n) is 1.17. The van der Waals surface area contributed by atoms with Crippen LogP contribution < -0.4 is 10.6 Å². The van der Waals surface area contributed by atoms with E-state index < -0.39 is 18.0 Å². The SMILES string of the molecule is CCCC(NC(=O)NCc1nn[nH]n1)C(=O)O. The Morgan fingerprint density at radius 2 is 2.29 bits per heavy atom. The third-order valence-corrected chi connectivity index (χ3v) is 1.98. The number of rotatable bonds is 6. The summed E-state index contributed by atoms with van der Waals surface area (Å²) in [4.78, 5) is 22.1. The number of tetrazole rings is 1. The van der Waals surface area contributed by atoms with E-state index in [9.17, 15) is 9.59 Å². The smallest absolute Gasteiger partial charge is 0.326 e. The van der Waals surface area contributed by atoms with E-state index in [0.29, 0.717) is 18.7 Å². The first-order valence-corrected chi connectivity index (χ1v) is 5.13. The Kier molecular flexibility index (Phi) is 4.85. The van der Waals surface area contributed by atoms with Gasteiger partial charge in [-0.2, -0.15) is 5.21 Å². The average molecular weight is 242 g/mol. The first-order chi connectivity index (χ1) is 8.13. The van der Waals surface area contributed by atoms with Crippen LogP contribution in [0.25, 0.3) is 0 Å². The predicted octanol–water partition coefficient (Wildman–Crippen LogP) is -0.748. The van der Waals surface area contributed by atoms with Crippen LogP contribution in [0, 0.1) is 0 Å². The van der Waals surface area contributed by atoms with Crippen molar-refractivity contribution in [3.8, 4) is 0 Å². The van der Waals surface area contributed by atoms with Crippen LogP contribution in [-0.2, 0) is 11.3 Å². The first kappa shape index (κ1) is 12.9. The molecule has 9 nitrogen and oxygen atoms in total. The van der Waals surface area contributed by atoms with E-state index in [4.69, 9.17) is 5.11 Å². The summed E-state index contributed by atoms with van der Waals surface area (Å²) >= 11 is 0. The van der Waals surface area contributed by atoms with E-state index in [1.807, 2.05) is 6.92 Å². The molecule has 0 bridgehead atoms. The lowest BCUT2D eigenvalue weighted by molar-refractivity contribution is -0.139. The third kappa shape index (κ3) is 4.45. The van der Waals surface area contributed by atoms with Crippen molar-refractivity contribution in [1.82, 2.24) is 31.3 Å². The molecule has 1 aromatic rings. The van der Waals surface area contributed by atoms with Crippen molar-refractivity contribution in [3.63, 3.8) is 0 Å². The quantitative estimate of drug-likeness (QED) is 0.519. The summed E-state index contributed by atoms with van der Waals surface area (Å²) in [6, 6.07) is -1.46. The Balaban J connectivity index is 2.34. The Morgan fingerprint density at radius 3 is 2.82 bits per heavy atom. The van der Waals surface area contributed by atoms with Gasteiger partial charge in [-0.1, -0.05) is 18.6 Å². The molecule has 1 heterocycles. The molecule has 2 amide bonds. The van der Waals surface area contributed by atoms with Crippen molar-refractivity contribution < 1.29 is 14.7 Å². The number of aliphatic carboxylic acids is 1. The maximum atomic E-state index is 11.4. The molecule has 0 aliphatic rings. The number of nitrogens with zero attached hydrogens (tertiary/aromatic N) is 3. The van der Waals surface area contributed by atoms with E-state index in [0.717, 1.165) is 0 Å². The topological polar surface area (TPSA) is 133 Å². The van der Waals surface area contributed by atoms with Gasteiger partial charge in [0.15, 0.2) is 5.82 Å². The van der Waals surface area contributed by atoms with Crippen molar-refractivity contribution in [1.29, 1.82) is 0 Å². The van der Waals surface area contributed by atoms with Gasteiger partial charge < -0.3 is 15.7 Å². The zero-order valence-electron chi connectivity index (χ0n) is 9.30. The number of H-pyrrole nitrogens is 1. The van der Waals surface area contributed by atoms with E-state index >= 15 is 0 Å². The minimum atomic E-state index is -1.05. The van der Waals surface area contributed by atoms with Crippen molar-refractivity contribution >= 4 is 12.0 Å². The highest BCUT2D eigenvalue weighted by molar-refractivity contribution is 5.82. The predicted molar refractivity (Wildman–Crippen MR) is 55.9 cm³/mol. The summed E-state index contributed by atoms with van der Waals surface area (Å²) < 4.78 is 0. The number of hydrogen-bond donors (Lipinski definition) is 4. The molecule has 1 rings (SSSR count). The molecule has 0 saturated carbocycles. The lowest BCUT2D eigenvalue weighted by Crippen LogP contribution is -2.45. The van der Waals surface area contributed by atoms with Gasteiger partial charge in [-0.3, -0.25) is 0 Å². The third-order valence-electron chi connectivity index (χ3n) is 1.98. The van der Waals surface area contributed by atoms with Gasteiger partial charge in [0.25, 0.3) is 0 Å². The summed E-state index contributed by atoms with van der Waals surface area (Å²) in [6.07, 6.45) is 1.05. The maximum absolute atomic E-state index is 11.4. The molecular weight excluding hydrogens is 228 g/mol. The van der Waals surface area contributed by atoms with Crippen molar-refractivity contribution in [2.45, 2.75) is 32.4 Å². The lowest BCUT2D eigenvalue weighted by Gasteiger charge is -2.13. The fraction of sp³-hybridized carbons (Fsp3) is 0.625.